The number of benzene rings is 2. The zero-order valence-corrected chi connectivity index (χ0v) is 13.0. The fourth-order valence-corrected chi connectivity index (χ4v) is 3.26. The second kappa shape index (κ2) is 4.95. The highest BCUT2D eigenvalue weighted by molar-refractivity contribution is 6.48. The predicted molar refractivity (Wildman–Crippen MR) is 94.5 cm³/mol. The number of rotatable bonds is 2. The Bertz CT molecular complexity index is 1050. The smallest absolute Gasteiger partial charge is 0.262 e. The normalized spacial score (nSPS) is 14.7. The number of nitrogens with one attached hydrogen (secondary N) is 2. The number of para-hydroxylation sites is 2. The number of aromatic nitrogens is 1. The van der Waals surface area contributed by atoms with Crippen LogP contribution >= 0.6 is 0 Å². The lowest BCUT2D eigenvalue weighted by Gasteiger charge is -1.98. The molecule has 0 radical (unpaired) electrons. The number of hydrogen-bond acceptors (Lipinski definition) is 3. The molecule has 5 nitrogen and oxygen atoms in total. The molecule has 4 aromatic rings. The number of hydrogen-bond donors (Lipinski definition) is 2. The molecule has 1 aliphatic heterocycles. The molecule has 0 atom stereocenters. The van der Waals surface area contributed by atoms with Crippen LogP contribution in [-0.4, -0.2) is 16.8 Å². The number of furan rings is 1. The van der Waals surface area contributed by atoms with Gasteiger partial charge >= 0.3 is 0 Å². The van der Waals surface area contributed by atoms with Crippen molar-refractivity contribution in [2.24, 2.45) is 0 Å². The van der Waals surface area contributed by atoms with Crippen molar-refractivity contribution >= 4 is 44.8 Å². The fraction of sp³-hybridized carbons (Fsp3) is 0. The summed E-state index contributed by atoms with van der Waals surface area (Å²) in [6, 6.07) is 18.9. The van der Waals surface area contributed by atoms with Crippen LogP contribution in [0.1, 0.15) is 11.5 Å². The molecule has 25 heavy (non-hydrogen) atoms. The number of H-pyrrole nitrogens is 1. The second-order valence-corrected chi connectivity index (χ2v) is 5.95. The molecule has 0 aliphatic carbocycles. The fourth-order valence-electron chi connectivity index (χ4n) is 3.26. The van der Waals surface area contributed by atoms with Crippen molar-refractivity contribution in [2.75, 3.05) is 0 Å². The zero-order valence-electron chi connectivity index (χ0n) is 13.0. The Hall–Kier alpha value is -3.60. The molecular formula is C20H12N2O3. The van der Waals surface area contributed by atoms with Gasteiger partial charge in [0.15, 0.2) is 0 Å². The first kappa shape index (κ1) is 13.8. The molecule has 2 aromatic heterocycles. The molecule has 120 valence electrons. The van der Waals surface area contributed by atoms with Gasteiger partial charge in [0, 0.05) is 16.3 Å². The van der Waals surface area contributed by atoms with Crippen molar-refractivity contribution in [2.45, 2.75) is 0 Å². The van der Waals surface area contributed by atoms with Crippen molar-refractivity contribution in [3.8, 4) is 0 Å². The summed E-state index contributed by atoms with van der Waals surface area (Å²) in [5.74, 6) is -0.483. The van der Waals surface area contributed by atoms with Gasteiger partial charge < -0.3 is 9.40 Å². The summed E-state index contributed by atoms with van der Waals surface area (Å²) in [6.07, 6.45) is 0. The maximum absolute atomic E-state index is 12.4. The van der Waals surface area contributed by atoms with Crippen LogP contribution in [0.4, 0.5) is 0 Å². The molecule has 0 bridgehead atoms. The lowest BCUT2D eigenvalue weighted by molar-refractivity contribution is -0.122. The molecule has 2 aromatic carbocycles. The topological polar surface area (TPSA) is 75.1 Å². The number of carbonyl (C=O) groups is 2. The third-order valence-electron chi connectivity index (χ3n) is 4.40. The van der Waals surface area contributed by atoms with Crippen LogP contribution in [0, 0.1) is 0 Å². The van der Waals surface area contributed by atoms with Gasteiger partial charge in [0.1, 0.15) is 11.3 Å². The van der Waals surface area contributed by atoms with Gasteiger partial charge in [0.2, 0.25) is 0 Å². The SMILES string of the molecule is O=C1NC(=O)C(c2cc3ccccc3o2)=C1c1cc2ccccc2[nH]1. The maximum atomic E-state index is 12.4. The van der Waals surface area contributed by atoms with Gasteiger partial charge in [-0.3, -0.25) is 14.9 Å². The predicted octanol–water partition coefficient (Wildman–Crippen LogP) is 3.48. The van der Waals surface area contributed by atoms with Gasteiger partial charge in [-0.05, 0) is 24.3 Å². The summed E-state index contributed by atoms with van der Waals surface area (Å²) in [7, 11) is 0. The Kier molecular flexibility index (Phi) is 2.73. The highest BCUT2D eigenvalue weighted by Crippen LogP contribution is 2.34. The summed E-state index contributed by atoms with van der Waals surface area (Å²) < 4.78 is 5.81. The zero-order chi connectivity index (χ0) is 17.0. The highest BCUT2D eigenvalue weighted by Gasteiger charge is 2.35. The van der Waals surface area contributed by atoms with Crippen LogP contribution < -0.4 is 5.32 Å². The molecule has 1 aliphatic rings. The standard InChI is InChI=1S/C20H12N2O3/c23-19-17(14-9-11-5-1-3-7-13(11)21-14)18(20(24)22-19)16-10-12-6-2-4-8-15(12)25-16/h1-10,21H,(H,22,23,24). The molecular weight excluding hydrogens is 316 g/mol. The van der Waals surface area contributed by atoms with Crippen molar-refractivity contribution < 1.29 is 14.0 Å². The molecule has 2 amide bonds. The summed E-state index contributed by atoms with van der Waals surface area (Å²) in [6.45, 7) is 0. The minimum absolute atomic E-state index is 0.257. The van der Waals surface area contributed by atoms with Gasteiger partial charge in [-0.15, -0.1) is 0 Å². The Morgan fingerprint density at radius 1 is 0.760 bits per heavy atom. The van der Waals surface area contributed by atoms with E-state index in [4.69, 9.17) is 4.42 Å². The molecule has 0 unspecified atom stereocenters. The molecule has 0 saturated carbocycles. The van der Waals surface area contributed by atoms with Crippen molar-refractivity contribution in [3.63, 3.8) is 0 Å². The van der Waals surface area contributed by atoms with Crippen LogP contribution in [0.5, 0.6) is 0 Å². The second-order valence-electron chi connectivity index (χ2n) is 5.95. The number of imide groups is 1. The van der Waals surface area contributed by atoms with Gasteiger partial charge in [-0.1, -0.05) is 36.4 Å². The number of fused-ring (bicyclic) bond motifs is 2. The van der Waals surface area contributed by atoms with Crippen LogP contribution in [0.3, 0.4) is 0 Å². The van der Waals surface area contributed by atoms with Gasteiger partial charge in [-0.2, -0.15) is 0 Å². The Labute approximate surface area is 141 Å². The van der Waals surface area contributed by atoms with E-state index < -0.39 is 11.8 Å². The Balaban J connectivity index is 1.77. The van der Waals surface area contributed by atoms with E-state index in [9.17, 15) is 9.59 Å². The molecule has 5 heteroatoms. The largest absolute Gasteiger partial charge is 0.456 e. The molecule has 2 N–H and O–H groups in total. The molecule has 5 rings (SSSR count). The van der Waals surface area contributed by atoms with E-state index >= 15 is 0 Å². The first-order valence-corrected chi connectivity index (χ1v) is 7.88. The van der Waals surface area contributed by atoms with Gasteiger partial charge in [-0.25, -0.2) is 0 Å². The lowest BCUT2D eigenvalue weighted by atomic mass is 10.0. The van der Waals surface area contributed by atoms with Crippen LogP contribution in [0.25, 0.3) is 33.0 Å². The number of aromatic amines is 1. The first-order valence-electron chi connectivity index (χ1n) is 7.88. The molecule has 3 heterocycles. The monoisotopic (exact) mass is 328 g/mol. The minimum Gasteiger partial charge on any atom is -0.456 e. The highest BCUT2D eigenvalue weighted by atomic mass is 16.3. The summed E-state index contributed by atoms with van der Waals surface area (Å²) in [5.41, 5.74) is 2.74. The van der Waals surface area contributed by atoms with Crippen molar-refractivity contribution in [1.82, 2.24) is 10.3 Å². The average Bonchev–Trinajstić information content (AvgIpc) is 3.28. The Morgan fingerprint density at radius 2 is 1.48 bits per heavy atom. The van der Waals surface area contributed by atoms with Gasteiger partial charge in [0.25, 0.3) is 11.8 Å². The van der Waals surface area contributed by atoms with E-state index in [0.29, 0.717) is 22.6 Å². The average molecular weight is 328 g/mol. The quantitative estimate of drug-likeness (QED) is 0.553. The van der Waals surface area contributed by atoms with E-state index in [1.54, 1.807) is 6.07 Å². The number of carbonyl (C=O) groups excluding carboxylic acids is 2. The molecule has 0 saturated heterocycles. The van der Waals surface area contributed by atoms with Crippen molar-refractivity contribution in [3.05, 3.63) is 72.1 Å². The van der Waals surface area contributed by atoms with Crippen LogP contribution in [0.2, 0.25) is 0 Å². The first-order chi connectivity index (χ1) is 12.2. The summed E-state index contributed by atoms with van der Waals surface area (Å²) in [5, 5.41) is 4.23. The van der Waals surface area contributed by atoms with E-state index in [1.807, 2.05) is 54.6 Å². The van der Waals surface area contributed by atoms with E-state index in [2.05, 4.69) is 10.3 Å². The van der Waals surface area contributed by atoms with Crippen LogP contribution in [-0.2, 0) is 9.59 Å². The maximum Gasteiger partial charge on any atom is 0.262 e. The Morgan fingerprint density at radius 3 is 2.28 bits per heavy atom. The van der Waals surface area contributed by atoms with Crippen molar-refractivity contribution in [1.29, 1.82) is 0 Å². The third-order valence-corrected chi connectivity index (χ3v) is 4.40. The van der Waals surface area contributed by atoms with E-state index in [0.717, 1.165) is 16.3 Å². The van der Waals surface area contributed by atoms with E-state index in [-0.39, 0.29) is 5.57 Å². The lowest BCUT2D eigenvalue weighted by Crippen LogP contribution is -2.22. The van der Waals surface area contributed by atoms with Crippen LogP contribution in [0.15, 0.2) is 65.1 Å². The molecule has 0 fully saturated rings. The number of amides is 2. The minimum atomic E-state index is -0.447. The molecule has 0 spiro atoms. The van der Waals surface area contributed by atoms with Gasteiger partial charge in [0.05, 0.1) is 16.8 Å². The summed E-state index contributed by atoms with van der Waals surface area (Å²) in [4.78, 5) is 28.0. The summed E-state index contributed by atoms with van der Waals surface area (Å²) >= 11 is 0. The van der Waals surface area contributed by atoms with E-state index in [1.165, 1.54) is 0 Å². The third kappa shape index (κ3) is 2.03.